The van der Waals surface area contributed by atoms with Gasteiger partial charge in [0.25, 0.3) is 5.89 Å². The maximum atomic E-state index is 5.40. The molecule has 5 nitrogen and oxygen atoms in total. The Kier molecular flexibility index (Phi) is 4.80. The smallest absolute Gasteiger partial charge is 0.250 e. The second kappa shape index (κ2) is 7.54. The van der Waals surface area contributed by atoms with Gasteiger partial charge in [-0.2, -0.15) is 4.98 Å². The Bertz CT molecular complexity index is 876. The lowest BCUT2D eigenvalue weighted by Gasteiger charge is -2.28. The van der Waals surface area contributed by atoms with Crippen LogP contribution in [0.25, 0.3) is 23.5 Å². The topological polar surface area (TPSA) is 51.4 Å². The first-order valence-corrected chi connectivity index (χ1v) is 8.79. The average molecular weight is 347 g/mol. The lowest BCUT2D eigenvalue weighted by molar-refractivity contribution is 0.122. The molecule has 3 aromatic rings. The van der Waals surface area contributed by atoms with Crippen molar-refractivity contribution in [3.8, 4) is 11.4 Å². The van der Waals surface area contributed by atoms with Crippen molar-refractivity contribution >= 4 is 17.8 Å². The van der Waals surface area contributed by atoms with Gasteiger partial charge in [0.15, 0.2) is 0 Å². The molecule has 0 bridgehead atoms. The number of nitrogens with zero attached hydrogens (tertiary/aromatic N) is 3. The van der Waals surface area contributed by atoms with Crippen LogP contribution in [0.4, 0.5) is 5.69 Å². The summed E-state index contributed by atoms with van der Waals surface area (Å²) in [5, 5.41) is 4.08. The predicted molar refractivity (Wildman–Crippen MR) is 103 cm³/mol. The molecule has 1 aliphatic rings. The van der Waals surface area contributed by atoms with E-state index in [1.807, 2.05) is 24.3 Å². The Balaban J connectivity index is 1.46. The van der Waals surface area contributed by atoms with E-state index in [0.29, 0.717) is 11.7 Å². The molecule has 0 atom stereocenters. The molecule has 5 heteroatoms. The van der Waals surface area contributed by atoms with Gasteiger partial charge in [-0.3, -0.25) is 0 Å². The molecular formula is C21H21N3O2. The fraction of sp³-hybridized carbons (Fsp3) is 0.238. The fourth-order valence-electron chi connectivity index (χ4n) is 2.91. The van der Waals surface area contributed by atoms with Crippen LogP contribution in [-0.4, -0.2) is 36.4 Å². The third kappa shape index (κ3) is 3.83. The van der Waals surface area contributed by atoms with E-state index in [-0.39, 0.29) is 0 Å². The molecule has 1 aromatic heterocycles. The predicted octanol–water partition coefficient (Wildman–Crippen LogP) is 4.05. The van der Waals surface area contributed by atoms with E-state index in [0.717, 1.165) is 37.4 Å². The van der Waals surface area contributed by atoms with E-state index in [1.54, 1.807) is 0 Å². The first-order valence-electron chi connectivity index (χ1n) is 8.79. The van der Waals surface area contributed by atoms with E-state index in [1.165, 1.54) is 11.3 Å². The largest absolute Gasteiger partial charge is 0.378 e. The SMILES string of the molecule is Cc1ccc(C=Cc2nc(-c3ccc(N4CCOCC4)cc3)no2)cc1. The molecule has 1 fully saturated rings. The van der Waals surface area contributed by atoms with Gasteiger partial charge in [0.2, 0.25) is 5.82 Å². The standard InChI is InChI=1S/C21H21N3O2/c1-16-2-4-17(5-3-16)6-11-20-22-21(23-26-20)18-7-9-19(10-8-18)24-12-14-25-15-13-24/h2-11H,12-15H2,1H3. The van der Waals surface area contributed by atoms with Gasteiger partial charge in [-0.05, 0) is 42.8 Å². The highest BCUT2D eigenvalue weighted by molar-refractivity contribution is 5.67. The van der Waals surface area contributed by atoms with Crippen molar-refractivity contribution < 1.29 is 9.26 Å². The van der Waals surface area contributed by atoms with Crippen LogP contribution in [0.15, 0.2) is 53.1 Å². The monoisotopic (exact) mass is 347 g/mol. The summed E-state index contributed by atoms with van der Waals surface area (Å²) in [6.45, 7) is 5.49. The molecule has 0 amide bonds. The first-order chi connectivity index (χ1) is 12.8. The minimum Gasteiger partial charge on any atom is -0.378 e. The molecule has 0 spiro atoms. The zero-order valence-electron chi connectivity index (χ0n) is 14.8. The Hall–Kier alpha value is -2.92. The number of benzene rings is 2. The summed E-state index contributed by atoms with van der Waals surface area (Å²) >= 11 is 0. The Morgan fingerprint density at radius 1 is 0.923 bits per heavy atom. The van der Waals surface area contributed by atoms with Gasteiger partial charge >= 0.3 is 0 Å². The minimum absolute atomic E-state index is 0.498. The van der Waals surface area contributed by atoms with Crippen LogP contribution in [0.5, 0.6) is 0 Å². The number of aromatic nitrogens is 2. The second-order valence-electron chi connectivity index (χ2n) is 6.35. The number of hydrogen-bond acceptors (Lipinski definition) is 5. The van der Waals surface area contributed by atoms with Gasteiger partial charge in [0, 0.05) is 30.4 Å². The third-order valence-corrected chi connectivity index (χ3v) is 4.44. The van der Waals surface area contributed by atoms with Crippen molar-refractivity contribution in [1.29, 1.82) is 0 Å². The molecule has 132 valence electrons. The van der Waals surface area contributed by atoms with Gasteiger partial charge < -0.3 is 14.2 Å². The molecular weight excluding hydrogens is 326 g/mol. The molecule has 4 rings (SSSR count). The summed E-state index contributed by atoms with van der Waals surface area (Å²) in [5.74, 6) is 1.10. The quantitative estimate of drug-likeness (QED) is 0.712. The maximum Gasteiger partial charge on any atom is 0.250 e. The zero-order valence-corrected chi connectivity index (χ0v) is 14.8. The Labute approximate surface area is 152 Å². The fourth-order valence-corrected chi connectivity index (χ4v) is 2.91. The van der Waals surface area contributed by atoms with E-state index in [4.69, 9.17) is 9.26 Å². The summed E-state index contributed by atoms with van der Waals surface area (Å²) in [6, 6.07) is 16.5. The summed E-state index contributed by atoms with van der Waals surface area (Å²) < 4.78 is 10.7. The molecule has 0 N–H and O–H groups in total. The van der Waals surface area contributed by atoms with Gasteiger partial charge in [0.1, 0.15) is 0 Å². The van der Waals surface area contributed by atoms with Crippen molar-refractivity contribution in [2.24, 2.45) is 0 Å². The minimum atomic E-state index is 0.498. The van der Waals surface area contributed by atoms with E-state index in [2.05, 4.69) is 58.4 Å². The van der Waals surface area contributed by atoms with Crippen LogP contribution in [0, 0.1) is 6.92 Å². The van der Waals surface area contributed by atoms with E-state index in [9.17, 15) is 0 Å². The van der Waals surface area contributed by atoms with E-state index >= 15 is 0 Å². The van der Waals surface area contributed by atoms with Crippen molar-refractivity contribution in [1.82, 2.24) is 10.1 Å². The second-order valence-corrected chi connectivity index (χ2v) is 6.35. The van der Waals surface area contributed by atoms with Gasteiger partial charge in [0.05, 0.1) is 13.2 Å². The Morgan fingerprint density at radius 3 is 2.38 bits per heavy atom. The van der Waals surface area contributed by atoms with Crippen molar-refractivity contribution in [3.05, 3.63) is 65.5 Å². The van der Waals surface area contributed by atoms with Gasteiger partial charge in [-0.15, -0.1) is 0 Å². The van der Waals surface area contributed by atoms with Crippen LogP contribution in [0.2, 0.25) is 0 Å². The molecule has 2 aromatic carbocycles. The number of aryl methyl sites for hydroxylation is 1. The molecule has 0 aliphatic carbocycles. The highest BCUT2D eigenvalue weighted by Gasteiger charge is 2.12. The lowest BCUT2D eigenvalue weighted by atomic mass is 10.1. The highest BCUT2D eigenvalue weighted by atomic mass is 16.5. The normalized spacial score (nSPS) is 14.9. The number of morpholine rings is 1. The van der Waals surface area contributed by atoms with Crippen LogP contribution >= 0.6 is 0 Å². The van der Waals surface area contributed by atoms with Gasteiger partial charge in [-0.1, -0.05) is 35.0 Å². The maximum absolute atomic E-state index is 5.40. The summed E-state index contributed by atoms with van der Waals surface area (Å²) in [4.78, 5) is 6.78. The number of rotatable bonds is 4. The molecule has 0 radical (unpaired) electrons. The molecule has 26 heavy (non-hydrogen) atoms. The summed E-state index contributed by atoms with van der Waals surface area (Å²) in [6.07, 6.45) is 3.81. The number of ether oxygens (including phenoxy) is 1. The van der Waals surface area contributed by atoms with Crippen molar-refractivity contribution in [2.75, 3.05) is 31.2 Å². The number of hydrogen-bond donors (Lipinski definition) is 0. The van der Waals surface area contributed by atoms with Crippen molar-refractivity contribution in [2.45, 2.75) is 6.92 Å². The van der Waals surface area contributed by atoms with Gasteiger partial charge in [-0.25, -0.2) is 0 Å². The zero-order chi connectivity index (χ0) is 17.8. The Morgan fingerprint density at radius 2 is 1.65 bits per heavy atom. The summed E-state index contributed by atoms with van der Waals surface area (Å²) in [7, 11) is 0. The molecule has 0 saturated carbocycles. The number of anilines is 1. The van der Waals surface area contributed by atoms with Crippen molar-refractivity contribution in [3.63, 3.8) is 0 Å². The first kappa shape index (κ1) is 16.5. The lowest BCUT2D eigenvalue weighted by Crippen LogP contribution is -2.36. The molecule has 1 aliphatic heterocycles. The van der Waals surface area contributed by atoms with E-state index < -0.39 is 0 Å². The van der Waals surface area contributed by atoms with Crippen LogP contribution in [-0.2, 0) is 4.74 Å². The summed E-state index contributed by atoms with van der Waals surface area (Å²) in [5.41, 5.74) is 4.48. The van der Waals surface area contributed by atoms with Crippen LogP contribution in [0.3, 0.4) is 0 Å². The molecule has 0 unspecified atom stereocenters. The van der Waals surface area contributed by atoms with Crippen LogP contribution < -0.4 is 4.90 Å². The van der Waals surface area contributed by atoms with Crippen LogP contribution in [0.1, 0.15) is 17.0 Å². The molecule has 1 saturated heterocycles. The molecule has 2 heterocycles. The third-order valence-electron chi connectivity index (χ3n) is 4.44. The highest BCUT2D eigenvalue weighted by Crippen LogP contribution is 2.22. The average Bonchev–Trinajstić information content (AvgIpc) is 3.17.